The smallest absolute Gasteiger partial charge is 0.303 e. The maximum Gasteiger partial charge on any atom is 0.303 e. The molecule has 1 unspecified atom stereocenters. The monoisotopic (exact) mass is 357 g/mol. The average Bonchev–Trinajstić information content (AvgIpc) is 2.86. The zero-order valence-electron chi connectivity index (χ0n) is 12.3. The number of ether oxygens (including phenoxy) is 2. The molecule has 116 valence electrons. The molecule has 21 heavy (non-hydrogen) atoms. The van der Waals surface area contributed by atoms with E-state index in [0.717, 1.165) is 47.6 Å². The minimum absolute atomic E-state index is 0.242. The minimum Gasteiger partial charge on any atom is -0.496 e. The molecule has 6 heteroatoms. The van der Waals surface area contributed by atoms with Gasteiger partial charge in [-0.25, -0.2) is 0 Å². The summed E-state index contributed by atoms with van der Waals surface area (Å²) in [6, 6.07) is 3.87. The van der Waals surface area contributed by atoms with Gasteiger partial charge < -0.3 is 14.6 Å². The number of nitrogens with zero attached hydrogens (tertiary/aromatic N) is 1. The van der Waals surface area contributed by atoms with Gasteiger partial charge in [0, 0.05) is 25.1 Å². The first-order valence-corrected chi connectivity index (χ1v) is 7.67. The Hall–Kier alpha value is -1.27. The van der Waals surface area contributed by atoms with Gasteiger partial charge in [0.25, 0.3) is 0 Å². The number of likely N-dealkylation sites (tertiary alicyclic amines) is 1. The zero-order chi connectivity index (χ0) is 15.4. The van der Waals surface area contributed by atoms with Gasteiger partial charge in [-0.15, -0.1) is 0 Å². The molecule has 0 aliphatic carbocycles. The first-order valence-electron chi connectivity index (χ1n) is 6.88. The molecule has 1 heterocycles. The van der Waals surface area contributed by atoms with Gasteiger partial charge in [0.2, 0.25) is 0 Å². The summed E-state index contributed by atoms with van der Waals surface area (Å²) in [5.41, 5.74) is 1.05. The number of carboxylic acids is 1. The van der Waals surface area contributed by atoms with Crippen LogP contribution in [0.15, 0.2) is 16.6 Å². The minimum atomic E-state index is -0.718. The van der Waals surface area contributed by atoms with Crippen LogP contribution in [-0.4, -0.2) is 43.3 Å². The first kappa shape index (κ1) is 16.1. The fourth-order valence-corrected chi connectivity index (χ4v) is 3.24. The van der Waals surface area contributed by atoms with Crippen molar-refractivity contribution in [1.29, 1.82) is 0 Å². The van der Waals surface area contributed by atoms with Crippen LogP contribution in [0.4, 0.5) is 0 Å². The second-order valence-corrected chi connectivity index (χ2v) is 6.14. The molecule has 0 bridgehead atoms. The van der Waals surface area contributed by atoms with E-state index in [1.54, 1.807) is 14.2 Å². The quantitative estimate of drug-likeness (QED) is 0.848. The lowest BCUT2D eigenvalue weighted by molar-refractivity contribution is -0.138. The van der Waals surface area contributed by atoms with Crippen LogP contribution in [0, 0.1) is 5.92 Å². The van der Waals surface area contributed by atoms with Crippen molar-refractivity contribution in [2.75, 3.05) is 27.3 Å². The molecular formula is C15H20BrNO4. The standard InChI is InChI=1S/C15H20BrNO4/c1-20-13-7-12(16)14(21-2)6-11(13)9-17-4-3-10(8-17)5-15(18)19/h6-7,10H,3-5,8-9H2,1-2H3,(H,18,19). The molecule has 1 aromatic carbocycles. The van der Waals surface area contributed by atoms with Crippen LogP contribution in [-0.2, 0) is 11.3 Å². The van der Waals surface area contributed by atoms with Crippen LogP contribution in [0.1, 0.15) is 18.4 Å². The fraction of sp³-hybridized carbons (Fsp3) is 0.533. The van der Waals surface area contributed by atoms with E-state index < -0.39 is 5.97 Å². The van der Waals surface area contributed by atoms with Crippen LogP contribution >= 0.6 is 15.9 Å². The Morgan fingerprint density at radius 1 is 1.38 bits per heavy atom. The lowest BCUT2D eigenvalue weighted by atomic mass is 10.1. The molecule has 1 aliphatic heterocycles. The van der Waals surface area contributed by atoms with E-state index >= 15 is 0 Å². The molecule has 0 aromatic heterocycles. The van der Waals surface area contributed by atoms with Crippen molar-refractivity contribution in [3.63, 3.8) is 0 Å². The molecule has 1 fully saturated rings. The normalized spacial score (nSPS) is 18.7. The Morgan fingerprint density at radius 3 is 2.71 bits per heavy atom. The molecular weight excluding hydrogens is 338 g/mol. The molecule has 2 rings (SSSR count). The van der Waals surface area contributed by atoms with Crippen LogP contribution < -0.4 is 9.47 Å². The molecule has 1 atom stereocenters. The highest BCUT2D eigenvalue weighted by Crippen LogP contribution is 2.34. The summed E-state index contributed by atoms with van der Waals surface area (Å²) in [4.78, 5) is 13.0. The number of benzene rings is 1. The van der Waals surface area contributed by atoms with Crippen molar-refractivity contribution in [2.24, 2.45) is 5.92 Å². The molecule has 1 aromatic rings. The molecule has 0 spiro atoms. The Morgan fingerprint density at radius 2 is 2.10 bits per heavy atom. The van der Waals surface area contributed by atoms with Crippen LogP contribution in [0.5, 0.6) is 11.5 Å². The molecule has 1 aliphatic rings. The topological polar surface area (TPSA) is 59.0 Å². The van der Waals surface area contributed by atoms with Gasteiger partial charge in [-0.3, -0.25) is 9.69 Å². The van der Waals surface area contributed by atoms with Crippen molar-refractivity contribution in [3.8, 4) is 11.5 Å². The number of rotatable bonds is 6. The molecule has 1 saturated heterocycles. The van der Waals surface area contributed by atoms with E-state index in [4.69, 9.17) is 14.6 Å². The van der Waals surface area contributed by atoms with E-state index in [0.29, 0.717) is 0 Å². The third-order valence-electron chi connectivity index (χ3n) is 3.78. The van der Waals surface area contributed by atoms with E-state index in [1.165, 1.54) is 0 Å². The van der Waals surface area contributed by atoms with Crippen molar-refractivity contribution in [1.82, 2.24) is 4.90 Å². The summed E-state index contributed by atoms with van der Waals surface area (Å²) in [5, 5.41) is 8.87. The van der Waals surface area contributed by atoms with Gasteiger partial charge in [-0.05, 0) is 46.9 Å². The van der Waals surface area contributed by atoms with Gasteiger partial charge in [0.1, 0.15) is 11.5 Å². The summed E-state index contributed by atoms with van der Waals surface area (Å²) in [6.45, 7) is 2.47. The highest BCUT2D eigenvalue weighted by molar-refractivity contribution is 9.10. The first-order chi connectivity index (χ1) is 10.0. The van der Waals surface area contributed by atoms with E-state index in [2.05, 4.69) is 20.8 Å². The molecule has 0 amide bonds. The maximum atomic E-state index is 10.8. The lowest BCUT2D eigenvalue weighted by Crippen LogP contribution is -2.21. The van der Waals surface area contributed by atoms with Crippen molar-refractivity contribution in [3.05, 3.63) is 22.2 Å². The summed E-state index contributed by atoms with van der Waals surface area (Å²) in [6.07, 6.45) is 1.18. The lowest BCUT2D eigenvalue weighted by Gasteiger charge is -2.19. The fourth-order valence-electron chi connectivity index (χ4n) is 2.76. The summed E-state index contributed by atoms with van der Waals surface area (Å²) >= 11 is 3.45. The number of halogens is 1. The Balaban J connectivity index is 2.07. The summed E-state index contributed by atoms with van der Waals surface area (Å²) < 4.78 is 11.6. The van der Waals surface area contributed by atoms with Crippen LogP contribution in [0.25, 0.3) is 0 Å². The van der Waals surface area contributed by atoms with E-state index in [9.17, 15) is 4.79 Å². The molecule has 5 nitrogen and oxygen atoms in total. The highest BCUT2D eigenvalue weighted by Gasteiger charge is 2.25. The number of hydrogen-bond donors (Lipinski definition) is 1. The maximum absolute atomic E-state index is 10.8. The second-order valence-electron chi connectivity index (χ2n) is 5.29. The number of hydrogen-bond acceptors (Lipinski definition) is 4. The zero-order valence-corrected chi connectivity index (χ0v) is 13.9. The number of aliphatic carboxylic acids is 1. The van der Waals surface area contributed by atoms with Crippen molar-refractivity contribution < 1.29 is 19.4 Å². The van der Waals surface area contributed by atoms with Gasteiger partial charge in [-0.1, -0.05) is 0 Å². The Bertz CT molecular complexity index is 521. The predicted molar refractivity (Wildman–Crippen MR) is 82.9 cm³/mol. The third kappa shape index (κ3) is 4.11. The third-order valence-corrected chi connectivity index (χ3v) is 4.40. The van der Waals surface area contributed by atoms with Gasteiger partial charge in [0.05, 0.1) is 18.7 Å². The van der Waals surface area contributed by atoms with Gasteiger partial charge in [-0.2, -0.15) is 0 Å². The SMILES string of the molecule is COc1cc(CN2CCC(CC(=O)O)C2)c(OC)cc1Br. The van der Waals surface area contributed by atoms with Gasteiger partial charge >= 0.3 is 5.97 Å². The number of carboxylic acid groups (broad SMARTS) is 1. The Kier molecular flexibility index (Phi) is 5.47. The predicted octanol–water partition coefficient (Wildman–Crippen LogP) is 2.76. The largest absolute Gasteiger partial charge is 0.496 e. The molecule has 1 N–H and O–H groups in total. The summed E-state index contributed by atoms with van der Waals surface area (Å²) in [7, 11) is 3.28. The highest BCUT2D eigenvalue weighted by atomic mass is 79.9. The Labute approximate surface area is 133 Å². The van der Waals surface area contributed by atoms with E-state index in [-0.39, 0.29) is 12.3 Å². The summed E-state index contributed by atoms with van der Waals surface area (Å²) in [5.74, 6) is 1.10. The number of methoxy groups -OCH3 is 2. The molecule has 0 saturated carbocycles. The average molecular weight is 358 g/mol. The van der Waals surface area contributed by atoms with Crippen molar-refractivity contribution in [2.45, 2.75) is 19.4 Å². The van der Waals surface area contributed by atoms with Crippen molar-refractivity contribution >= 4 is 21.9 Å². The van der Waals surface area contributed by atoms with E-state index in [1.807, 2.05) is 12.1 Å². The van der Waals surface area contributed by atoms with Crippen LogP contribution in [0.3, 0.4) is 0 Å². The van der Waals surface area contributed by atoms with Crippen LogP contribution in [0.2, 0.25) is 0 Å². The second kappa shape index (κ2) is 7.13. The molecule has 0 radical (unpaired) electrons. The number of carbonyl (C=O) groups is 1. The van der Waals surface area contributed by atoms with Gasteiger partial charge in [0.15, 0.2) is 0 Å².